The summed E-state index contributed by atoms with van der Waals surface area (Å²) in [6, 6.07) is 6.76. The molecule has 23 heavy (non-hydrogen) atoms. The Balaban J connectivity index is 2.25. The van der Waals surface area contributed by atoms with E-state index in [1.165, 1.54) is 0 Å². The van der Waals surface area contributed by atoms with Crippen molar-refractivity contribution < 1.29 is 23.9 Å². The second-order valence-electron chi connectivity index (χ2n) is 5.77. The van der Waals surface area contributed by atoms with Crippen molar-refractivity contribution >= 4 is 33.8 Å². The Morgan fingerprint density at radius 3 is 2.30 bits per heavy atom. The molecule has 0 aliphatic heterocycles. The average molecular weight is 386 g/mol. The highest BCUT2D eigenvalue weighted by Gasteiger charge is 2.16. The number of carbonyl (C=O) groups excluding carboxylic acids is 3. The number of nitrogens with one attached hydrogen (secondary N) is 1. The maximum Gasteiger partial charge on any atom is 0.407 e. The highest BCUT2D eigenvalue weighted by atomic mass is 79.9. The number of Topliss-reactive ketones (excluding diaryl/α,β-unsaturated/α-hetero) is 1. The number of amides is 1. The fourth-order valence-electron chi connectivity index (χ4n) is 1.52. The van der Waals surface area contributed by atoms with Crippen LogP contribution in [0.25, 0.3) is 0 Å². The molecule has 0 bridgehead atoms. The normalized spacial score (nSPS) is 10.8. The van der Waals surface area contributed by atoms with Crippen molar-refractivity contribution in [3.8, 4) is 0 Å². The van der Waals surface area contributed by atoms with Gasteiger partial charge in [0.1, 0.15) is 5.60 Å². The van der Waals surface area contributed by atoms with E-state index >= 15 is 0 Å². The van der Waals surface area contributed by atoms with Crippen LogP contribution in [0.4, 0.5) is 4.79 Å². The van der Waals surface area contributed by atoms with Gasteiger partial charge in [0.2, 0.25) is 0 Å². The molecule has 1 aromatic carbocycles. The van der Waals surface area contributed by atoms with Gasteiger partial charge in [0.25, 0.3) is 0 Å². The number of alkyl carbamates (subject to hydrolysis) is 1. The first-order valence-corrected chi connectivity index (χ1v) is 7.88. The minimum Gasteiger partial charge on any atom is -0.457 e. The highest BCUT2D eigenvalue weighted by molar-refractivity contribution is 9.10. The lowest BCUT2D eigenvalue weighted by atomic mass is 10.1. The third kappa shape index (κ3) is 8.35. The molecule has 7 heteroatoms. The Hall–Kier alpha value is -1.89. The number of carbonyl (C=O) groups is 3. The maximum atomic E-state index is 11.8. The van der Waals surface area contributed by atoms with Crippen molar-refractivity contribution in [2.45, 2.75) is 32.8 Å². The van der Waals surface area contributed by atoms with Gasteiger partial charge < -0.3 is 14.8 Å². The summed E-state index contributed by atoms with van der Waals surface area (Å²) in [5.74, 6) is -0.850. The number of halogens is 1. The molecule has 0 atom stereocenters. The van der Waals surface area contributed by atoms with E-state index in [2.05, 4.69) is 21.2 Å². The van der Waals surface area contributed by atoms with Crippen LogP contribution < -0.4 is 5.32 Å². The van der Waals surface area contributed by atoms with Gasteiger partial charge in [-0.2, -0.15) is 0 Å². The topological polar surface area (TPSA) is 81.7 Å². The number of ether oxygens (including phenoxy) is 2. The molecule has 0 aliphatic rings. The lowest BCUT2D eigenvalue weighted by molar-refractivity contribution is -0.142. The fraction of sp³-hybridized carbons (Fsp3) is 0.438. The Labute approximate surface area is 143 Å². The Morgan fingerprint density at radius 1 is 1.13 bits per heavy atom. The summed E-state index contributed by atoms with van der Waals surface area (Å²) in [5.41, 5.74) is -0.130. The summed E-state index contributed by atoms with van der Waals surface area (Å²) < 4.78 is 10.8. The van der Waals surface area contributed by atoms with E-state index in [0.29, 0.717) is 5.56 Å². The smallest absolute Gasteiger partial charge is 0.407 e. The van der Waals surface area contributed by atoms with Crippen LogP contribution in [-0.2, 0) is 14.3 Å². The van der Waals surface area contributed by atoms with Crippen molar-refractivity contribution in [2.75, 3.05) is 13.2 Å². The molecule has 0 fully saturated rings. The minimum atomic E-state index is -0.601. The van der Waals surface area contributed by atoms with Crippen LogP contribution in [0.15, 0.2) is 28.7 Å². The summed E-state index contributed by atoms with van der Waals surface area (Å²) in [4.78, 5) is 34.7. The first-order valence-electron chi connectivity index (χ1n) is 7.08. The molecule has 0 radical (unpaired) electrons. The van der Waals surface area contributed by atoms with Crippen LogP contribution in [0.2, 0.25) is 0 Å². The van der Waals surface area contributed by atoms with Crippen molar-refractivity contribution in [3.63, 3.8) is 0 Å². The molecule has 6 nitrogen and oxygen atoms in total. The number of benzene rings is 1. The molecule has 1 amide bonds. The van der Waals surface area contributed by atoms with Gasteiger partial charge in [-0.05, 0) is 32.9 Å². The predicted octanol–water partition coefficient (Wildman–Crippen LogP) is 3.09. The molecule has 1 rings (SSSR count). The monoisotopic (exact) mass is 385 g/mol. The van der Waals surface area contributed by atoms with Crippen LogP contribution in [-0.4, -0.2) is 36.6 Å². The third-order valence-corrected chi connectivity index (χ3v) is 3.06. The Bertz CT molecular complexity index is 563. The lowest BCUT2D eigenvalue weighted by Gasteiger charge is -2.19. The second kappa shape index (κ2) is 8.67. The van der Waals surface area contributed by atoms with Gasteiger partial charge in [-0.1, -0.05) is 28.1 Å². The molecule has 1 aromatic rings. The molecule has 0 unspecified atom stereocenters. The average Bonchev–Trinajstić information content (AvgIpc) is 2.43. The van der Waals surface area contributed by atoms with Crippen LogP contribution in [0.1, 0.15) is 37.6 Å². The van der Waals surface area contributed by atoms with Gasteiger partial charge in [-0.25, -0.2) is 4.79 Å². The van der Waals surface area contributed by atoms with E-state index in [0.717, 1.165) is 4.47 Å². The first-order chi connectivity index (χ1) is 10.7. The van der Waals surface area contributed by atoms with Gasteiger partial charge in [-0.3, -0.25) is 9.59 Å². The van der Waals surface area contributed by atoms with Crippen LogP contribution in [0.5, 0.6) is 0 Å². The molecule has 0 aliphatic carbocycles. The molecular weight excluding hydrogens is 366 g/mol. The van der Waals surface area contributed by atoms with Gasteiger partial charge in [-0.15, -0.1) is 0 Å². The molecule has 1 N–H and O–H groups in total. The minimum absolute atomic E-state index is 0.0349. The third-order valence-electron chi connectivity index (χ3n) is 2.53. The largest absolute Gasteiger partial charge is 0.457 e. The molecule has 0 saturated carbocycles. The number of ketones is 1. The molecular formula is C16H20BrNO5. The van der Waals surface area contributed by atoms with Gasteiger partial charge in [0, 0.05) is 16.6 Å². The summed E-state index contributed by atoms with van der Waals surface area (Å²) in [5, 5.41) is 2.44. The second-order valence-corrected chi connectivity index (χ2v) is 6.69. The Morgan fingerprint density at radius 2 is 1.74 bits per heavy atom. The van der Waals surface area contributed by atoms with E-state index in [-0.39, 0.29) is 25.4 Å². The number of hydrogen-bond acceptors (Lipinski definition) is 5. The number of rotatable bonds is 6. The molecule has 0 saturated heterocycles. The van der Waals surface area contributed by atoms with Crippen LogP contribution in [0, 0.1) is 0 Å². The van der Waals surface area contributed by atoms with Crippen molar-refractivity contribution in [1.82, 2.24) is 5.32 Å². The molecule has 0 heterocycles. The number of esters is 1. The SMILES string of the molecule is CC(C)(C)OC(=O)NCCC(=O)OCC(=O)c1ccc(Br)cc1. The van der Waals surface area contributed by atoms with Crippen LogP contribution >= 0.6 is 15.9 Å². The van der Waals surface area contributed by atoms with Crippen LogP contribution in [0.3, 0.4) is 0 Å². The van der Waals surface area contributed by atoms with E-state index in [9.17, 15) is 14.4 Å². The van der Waals surface area contributed by atoms with E-state index in [1.807, 2.05) is 0 Å². The summed E-state index contributed by atoms with van der Waals surface area (Å²) in [6.45, 7) is 4.99. The highest BCUT2D eigenvalue weighted by Crippen LogP contribution is 2.11. The lowest BCUT2D eigenvalue weighted by Crippen LogP contribution is -2.33. The van der Waals surface area contributed by atoms with E-state index in [4.69, 9.17) is 9.47 Å². The van der Waals surface area contributed by atoms with E-state index in [1.54, 1.807) is 45.0 Å². The quantitative estimate of drug-likeness (QED) is 0.600. The summed E-state index contributed by atoms with van der Waals surface area (Å²) in [7, 11) is 0. The predicted molar refractivity (Wildman–Crippen MR) is 88.3 cm³/mol. The molecule has 0 spiro atoms. The molecule has 126 valence electrons. The van der Waals surface area contributed by atoms with Crippen molar-refractivity contribution in [3.05, 3.63) is 34.3 Å². The van der Waals surface area contributed by atoms with E-state index < -0.39 is 17.7 Å². The molecule has 0 aromatic heterocycles. The van der Waals surface area contributed by atoms with Gasteiger partial charge >= 0.3 is 12.1 Å². The van der Waals surface area contributed by atoms with Crippen molar-refractivity contribution in [2.24, 2.45) is 0 Å². The zero-order valence-corrected chi connectivity index (χ0v) is 14.9. The van der Waals surface area contributed by atoms with Gasteiger partial charge in [0.05, 0.1) is 6.42 Å². The summed E-state index contributed by atoms with van der Waals surface area (Å²) in [6.07, 6.45) is -0.636. The zero-order chi connectivity index (χ0) is 17.5. The first kappa shape index (κ1) is 19.2. The van der Waals surface area contributed by atoms with Crippen molar-refractivity contribution in [1.29, 1.82) is 0 Å². The fourth-order valence-corrected chi connectivity index (χ4v) is 1.78. The standard InChI is InChI=1S/C16H20BrNO5/c1-16(2,3)23-15(21)18-9-8-14(20)22-10-13(19)11-4-6-12(17)7-5-11/h4-7H,8-10H2,1-3H3,(H,18,21). The van der Waals surface area contributed by atoms with Gasteiger partial charge in [0.15, 0.2) is 12.4 Å². The number of hydrogen-bond donors (Lipinski definition) is 1. The Kier molecular flexibility index (Phi) is 7.22. The maximum absolute atomic E-state index is 11.8. The zero-order valence-electron chi connectivity index (χ0n) is 13.3. The summed E-state index contributed by atoms with van der Waals surface area (Å²) >= 11 is 3.27.